The average molecular weight is 410 g/mol. The Hall–Kier alpha value is -1.89. The first-order chi connectivity index (χ1) is 12.8. The number of amides is 1. The summed E-state index contributed by atoms with van der Waals surface area (Å²) in [4.78, 5) is 31.9. The molecular formula is C19H21Cl2N3O3. The van der Waals surface area contributed by atoms with Gasteiger partial charge in [0.15, 0.2) is 0 Å². The van der Waals surface area contributed by atoms with Crippen LogP contribution in [-0.4, -0.2) is 64.0 Å². The molecule has 2 aromatic rings. The first kappa shape index (κ1) is 19.9. The van der Waals surface area contributed by atoms with E-state index in [1.54, 1.807) is 24.3 Å². The molecule has 1 fully saturated rings. The molecule has 27 heavy (non-hydrogen) atoms. The lowest BCUT2D eigenvalue weighted by Gasteiger charge is -2.40. The van der Waals surface area contributed by atoms with Crippen molar-refractivity contribution in [2.24, 2.45) is 0 Å². The third-order valence-corrected chi connectivity index (χ3v) is 5.37. The Morgan fingerprint density at radius 1 is 1.26 bits per heavy atom. The van der Waals surface area contributed by atoms with Crippen molar-refractivity contribution in [3.8, 4) is 0 Å². The van der Waals surface area contributed by atoms with Gasteiger partial charge in [0.1, 0.15) is 5.15 Å². The van der Waals surface area contributed by atoms with Crippen molar-refractivity contribution in [1.29, 1.82) is 0 Å². The quantitative estimate of drug-likeness (QED) is 0.764. The normalized spacial score (nSPS) is 18.0. The Morgan fingerprint density at radius 3 is 2.74 bits per heavy atom. The van der Waals surface area contributed by atoms with Crippen LogP contribution in [-0.2, 0) is 4.79 Å². The number of carboxylic acid groups (broad SMARTS) is 1. The molecule has 6 nitrogen and oxygen atoms in total. The van der Waals surface area contributed by atoms with E-state index in [2.05, 4.69) is 16.8 Å². The first-order valence-corrected chi connectivity index (χ1v) is 9.61. The number of hydrogen-bond donors (Lipinski definition) is 1. The summed E-state index contributed by atoms with van der Waals surface area (Å²) in [6, 6.07) is 7.03. The maximum absolute atomic E-state index is 12.9. The van der Waals surface area contributed by atoms with E-state index < -0.39 is 5.97 Å². The lowest BCUT2D eigenvalue weighted by molar-refractivity contribution is -0.137. The fraction of sp³-hybridized carbons (Fsp3) is 0.421. The number of carbonyl (C=O) groups excluding carboxylic acids is 1. The predicted molar refractivity (Wildman–Crippen MR) is 106 cm³/mol. The molecule has 1 atom stereocenters. The van der Waals surface area contributed by atoms with Gasteiger partial charge in [0.05, 0.1) is 10.5 Å². The highest BCUT2D eigenvalue weighted by Gasteiger charge is 2.27. The minimum atomic E-state index is -0.776. The van der Waals surface area contributed by atoms with Gasteiger partial charge >= 0.3 is 5.97 Å². The summed E-state index contributed by atoms with van der Waals surface area (Å²) in [5.41, 5.74) is 1.15. The fourth-order valence-corrected chi connectivity index (χ4v) is 3.94. The van der Waals surface area contributed by atoms with Crippen LogP contribution in [0.15, 0.2) is 24.3 Å². The summed E-state index contributed by atoms with van der Waals surface area (Å²) >= 11 is 12.1. The monoisotopic (exact) mass is 409 g/mol. The number of hydrogen-bond acceptors (Lipinski definition) is 4. The topological polar surface area (TPSA) is 73.7 Å². The van der Waals surface area contributed by atoms with Gasteiger partial charge in [0.2, 0.25) is 0 Å². The lowest BCUT2D eigenvalue weighted by atomic mass is 10.1. The van der Waals surface area contributed by atoms with Gasteiger partial charge in [-0.1, -0.05) is 29.3 Å². The van der Waals surface area contributed by atoms with Crippen molar-refractivity contribution in [3.63, 3.8) is 0 Å². The van der Waals surface area contributed by atoms with E-state index in [9.17, 15) is 9.59 Å². The lowest BCUT2D eigenvalue weighted by Crippen LogP contribution is -2.53. The Bertz CT molecular complexity index is 875. The number of rotatable bonds is 5. The average Bonchev–Trinajstić information content (AvgIpc) is 2.61. The number of halogens is 2. The molecule has 1 aliphatic heterocycles. The predicted octanol–water partition coefficient (Wildman–Crippen LogP) is 3.55. The van der Waals surface area contributed by atoms with Crippen molar-refractivity contribution >= 4 is 46.0 Å². The standard InChI is InChI=1S/C19H21Cl2N3O3/c1-12-11-24(8-7-23(12)6-2-3-18(25)26)19(27)13-4-5-14-15(20)10-17(21)22-16(14)9-13/h4-5,9-10,12H,2-3,6-8,11H2,1H3,(H,25,26). The second-order valence-electron chi connectivity index (χ2n) is 6.79. The molecule has 2 heterocycles. The summed E-state index contributed by atoms with van der Waals surface area (Å²) in [5, 5.41) is 10.3. The highest BCUT2D eigenvalue weighted by atomic mass is 35.5. The molecule has 0 saturated carbocycles. The number of nitrogens with zero attached hydrogens (tertiary/aromatic N) is 3. The van der Waals surface area contributed by atoms with Crippen LogP contribution in [0.3, 0.4) is 0 Å². The molecular weight excluding hydrogens is 389 g/mol. The maximum atomic E-state index is 12.9. The van der Waals surface area contributed by atoms with E-state index in [0.717, 1.165) is 18.5 Å². The van der Waals surface area contributed by atoms with Crippen LogP contribution < -0.4 is 0 Å². The van der Waals surface area contributed by atoms with Gasteiger partial charge in [0, 0.05) is 43.0 Å². The van der Waals surface area contributed by atoms with Gasteiger partial charge in [-0.15, -0.1) is 0 Å². The van der Waals surface area contributed by atoms with Crippen LogP contribution in [0.1, 0.15) is 30.1 Å². The summed E-state index contributed by atoms with van der Waals surface area (Å²) in [5.74, 6) is -0.826. The Labute approximate surface area is 167 Å². The molecule has 1 aliphatic rings. The van der Waals surface area contributed by atoms with Gasteiger partial charge in [-0.25, -0.2) is 4.98 Å². The van der Waals surface area contributed by atoms with Crippen molar-refractivity contribution in [3.05, 3.63) is 40.0 Å². The number of carboxylic acids is 1. The van der Waals surface area contributed by atoms with Crippen LogP contribution in [0, 0.1) is 0 Å². The summed E-state index contributed by atoms with van der Waals surface area (Å²) < 4.78 is 0. The summed E-state index contributed by atoms with van der Waals surface area (Å²) in [6.07, 6.45) is 0.784. The highest BCUT2D eigenvalue weighted by molar-refractivity contribution is 6.37. The number of benzene rings is 1. The minimum absolute atomic E-state index is 0.0492. The highest BCUT2D eigenvalue weighted by Crippen LogP contribution is 2.26. The molecule has 1 amide bonds. The number of aromatic nitrogens is 1. The molecule has 0 bridgehead atoms. The zero-order chi connectivity index (χ0) is 19.6. The van der Waals surface area contributed by atoms with Gasteiger partial charge < -0.3 is 10.0 Å². The third kappa shape index (κ3) is 4.69. The van der Waals surface area contributed by atoms with Crippen LogP contribution >= 0.6 is 23.2 Å². The van der Waals surface area contributed by atoms with Crippen molar-refractivity contribution < 1.29 is 14.7 Å². The van der Waals surface area contributed by atoms with Crippen molar-refractivity contribution in [2.45, 2.75) is 25.8 Å². The van der Waals surface area contributed by atoms with Crippen molar-refractivity contribution in [1.82, 2.24) is 14.8 Å². The Balaban J connectivity index is 1.68. The summed E-state index contributed by atoms with van der Waals surface area (Å²) in [7, 11) is 0. The summed E-state index contributed by atoms with van der Waals surface area (Å²) in [6.45, 7) is 4.73. The molecule has 144 valence electrons. The molecule has 8 heteroatoms. The number of fused-ring (bicyclic) bond motifs is 1. The van der Waals surface area contributed by atoms with Crippen molar-refractivity contribution in [2.75, 3.05) is 26.2 Å². The molecule has 1 N–H and O–H groups in total. The van der Waals surface area contributed by atoms with Gasteiger partial charge in [0.25, 0.3) is 5.91 Å². The number of aliphatic carboxylic acids is 1. The molecule has 0 spiro atoms. The first-order valence-electron chi connectivity index (χ1n) is 8.86. The van der Waals surface area contributed by atoms with E-state index >= 15 is 0 Å². The van der Waals surface area contributed by atoms with Gasteiger partial charge in [-0.3, -0.25) is 14.5 Å². The smallest absolute Gasteiger partial charge is 0.303 e. The number of carbonyl (C=O) groups is 2. The molecule has 1 aromatic carbocycles. The molecule has 0 radical (unpaired) electrons. The fourth-order valence-electron chi connectivity index (χ4n) is 3.42. The molecule has 1 aromatic heterocycles. The minimum Gasteiger partial charge on any atom is -0.481 e. The second-order valence-corrected chi connectivity index (χ2v) is 7.59. The van der Waals surface area contributed by atoms with Gasteiger partial charge in [-0.2, -0.15) is 0 Å². The SMILES string of the molecule is CC1CN(C(=O)c2ccc3c(Cl)cc(Cl)nc3c2)CCN1CCCC(=O)O. The number of piperazine rings is 1. The van der Waals surface area contributed by atoms with Crippen LogP contribution in [0.25, 0.3) is 10.9 Å². The molecule has 1 unspecified atom stereocenters. The van der Waals surface area contributed by atoms with E-state index in [0.29, 0.717) is 40.8 Å². The van der Waals surface area contributed by atoms with Gasteiger partial charge in [-0.05, 0) is 38.1 Å². The zero-order valence-electron chi connectivity index (χ0n) is 15.0. The van der Waals surface area contributed by atoms with E-state index in [-0.39, 0.29) is 18.4 Å². The maximum Gasteiger partial charge on any atom is 0.303 e. The van der Waals surface area contributed by atoms with E-state index in [1.165, 1.54) is 0 Å². The second kappa shape index (κ2) is 8.42. The van der Waals surface area contributed by atoms with Crippen LogP contribution in [0.4, 0.5) is 0 Å². The largest absolute Gasteiger partial charge is 0.481 e. The van der Waals surface area contributed by atoms with E-state index in [4.69, 9.17) is 28.3 Å². The number of pyridine rings is 1. The molecule has 1 saturated heterocycles. The Morgan fingerprint density at radius 2 is 2.04 bits per heavy atom. The molecule has 3 rings (SSSR count). The van der Waals surface area contributed by atoms with E-state index in [1.807, 2.05) is 4.90 Å². The Kier molecular flexibility index (Phi) is 6.19. The van der Waals surface area contributed by atoms with Crippen LogP contribution in [0.2, 0.25) is 10.2 Å². The zero-order valence-corrected chi connectivity index (χ0v) is 16.5. The van der Waals surface area contributed by atoms with Crippen LogP contribution in [0.5, 0.6) is 0 Å². The third-order valence-electron chi connectivity index (χ3n) is 4.86. The molecule has 0 aliphatic carbocycles.